The van der Waals surface area contributed by atoms with E-state index in [4.69, 9.17) is 15.9 Å². The van der Waals surface area contributed by atoms with Gasteiger partial charge in [0.25, 0.3) is 10.0 Å². The maximum atomic E-state index is 13.1. The Morgan fingerprint density at radius 1 is 0.941 bits per heavy atom. The van der Waals surface area contributed by atoms with E-state index in [2.05, 4.69) is 4.72 Å². The SMILES string of the molecule is N=C(N)c1ccc2cc(Oc3ccc(NS(=O)(=O)c4ccc(F)cc4)cc3C(=O)O)ccc2c1. The van der Waals surface area contributed by atoms with E-state index in [1.54, 1.807) is 36.4 Å². The number of benzene rings is 4. The quantitative estimate of drug-likeness (QED) is 0.226. The van der Waals surface area contributed by atoms with E-state index in [0.717, 1.165) is 41.1 Å². The van der Waals surface area contributed by atoms with Crippen LogP contribution in [0.3, 0.4) is 0 Å². The largest absolute Gasteiger partial charge is 0.478 e. The Kier molecular flexibility index (Phi) is 5.91. The molecule has 0 atom stereocenters. The second kappa shape index (κ2) is 8.83. The first-order chi connectivity index (χ1) is 16.1. The standard InChI is InChI=1S/C24H18FN3O5S/c25-17-4-8-20(9-5-17)34(31,32)28-18-6-10-22(21(13-18)24(29)30)33-19-7-3-14-11-16(23(26)27)2-1-15(14)12-19/h1-13,28H,(H3,26,27)(H,29,30). The highest BCUT2D eigenvalue weighted by Crippen LogP contribution is 2.31. The van der Waals surface area contributed by atoms with Crippen LogP contribution in [0.4, 0.5) is 10.1 Å². The lowest BCUT2D eigenvalue weighted by Gasteiger charge is -2.13. The lowest BCUT2D eigenvalue weighted by molar-refractivity contribution is 0.0694. The predicted octanol–water partition coefficient (Wildman–Crippen LogP) is 4.55. The molecule has 10 heteroatoms. The average Bonchev–Trinajstić information content (AvgIpc) is 2.79. The van der Waals surface area contributed by atoms with Gasteiger partial charge in [-0.15, -0.1) is 0 Å². The molecule has 0 fully saturated rings. The van der Waals surface area contributed by atoms with Crippen LogP contribution in [0.25, 0.3) is 10.8 Å². The number of ether oxygens (including phenoxy) is 1. The minimum atomic E-state index is -4.05. The number of carbonyl (C=O) groups is 1. The van der Waals surface area contributed by atoms with E-state index in [1.807, 2.05) is 0 Å². The number of halogens is 1. The molecule has 0 bridgehead atoms. The monoisotopic (exact) mass is 479 g/mol. The van der Waals surface area contributed by atoms with Crippen LogP contribution in [-0.4, -0.2) is 25.3 Å². The van der Waals surface area contributed by atoms with E-state index in [9.17, 15) is 22.7 Å². The third-order valence-electron chi connectivity index (χ3n) is 4.94. The summed E-state index contributed by atoms with van der Waals surface area (Å²) in [6, 6.07) is 18.4. The highest BCUT2D eigenvalue weighted by atomic mass is 32.2. The van der Waals surface area contributed by atoms with E-state index in [0.29, 0.717) is 11.3 Å². The molecule has 0 spiro atoms. The number of nitrogens with two attached hydrogens (primary N) is 1. The third-order valence-corrected chi connectivity index (χ3v) is 6.33. The van der Waals surface area contributed by atoms with Gasteiger partial charge in [0.05, 0.1) is 4.90 Å². The van der Waals surface area contributed by atoms with Crippen molar-refractivity contribution in [3.63, 3.8) is 0 Å². The van der Waals surface area contributed by atoms with Crippen molar-refractivity contribution < 1.29 is 27.4 Å². The number of hydrogen-bond donors (Lipinski definition) is 4. The molecular weight excluding hydrogens is 461 g/mol. The van der Waals surface area contributed by atoms with E-state index in [1.165, 1.54) is 12.1 Å². The van der Waals surface area contributed by atoms with Crippen molar-refractivity contribution in [2.24, 2.45) is 5.73 Å². The molecule has 0 heterocycles. The fourth-order valence-electron chi connectivity index (χ4n) is 3.26. The van der Waals surface area contributed by atoms with Crippen molar-refractivity contribution >= 4 is 38.3 Å². The maximum absolute atomic E-state index is 13.1. The van der Waals surface area contributed by atoms with Crippen molar-refractivity contribution in [3.8, 4) is 11.5 Å². The zero-order valence-corrected chi connectivity index (χ0v) is 18.3. The molecular formula is C24H18FN3O5S. The Hall–Kier alpha value is -4.44. The number of hydrogen-bond acceptors (Lipinski definition) is 5. The molecule has 4 rings (SSSR count). The van der Waals surface area contributed by atoms with Crippen LogP contribution in [0, 0.1) is 11.2 Å². The molecule has 0 aromatic heterocycles. The van der Waals surface area contributed by atoms with Gasteiger partial charge in [-0.05, 0) is 71.4 Å². The van der Waals surface area contributed by atoms with Gasteiger partial charge in [0, 0.05) is 11.3 Å². The zero-order valence-electron chi connectivity index (χ0n) is 17.4. The third kappa shape index (κ3) is 4.81. The molecule has 0 saturated carbocycles. The summed E-state index contributed by atoms with van der Waals surface area (Å²) in [6.45, 7) is 0. The van der Waals surface area contributed by atoms with Crippen LogP contribution in [0.5, 0.6) is 11.5 Å². The zero-order chi connectivity index (χ0) is 24.5. The Morgan fingerprint density at radius 2 is 1.62 bits per heavy atom. The Balaban J connectivity index is 1.62. The van der Waals surface area contributed by atoms with Crippen molar-refractivity contribution in [2.75, 3.05) is 4.72 Å². The molecule has 4 aromatic rings. The number of rotatable bonds is 7. The fraction of sp³-hybridized carbons (Fsp3) is 0. The molecule has 8 nitrogen and oxygen atoms in total. The van der Waals surface area contributed by atoms with Gasteiger partial charge in [0.15, 0.2) is 0 Å². The second-order valence-corrected chi connectivity index (χ2v) is 9.00. The number of nitrogen functional groups attached to an aromatic ring is 1. The number of fused-ring (bicyclic) bond motifs is 1. The van der Waals surface area contributed by atoms with Crippen LogP contribution in [0.2, 0.25) is 0 Å². The minimum Gasteiger partial charge on any atom is -0.478 e. The molecule has 0 radical (unpaired) electrons. The second-order valence-electron chi connectivity index (χ2n) is 7.31. The van der Waals surface area contributed by atoms with Crippen molar-refractivity contribution in [2.45, 2.75) is 4.90 Å². The smallest absolute Gasteiger partial charge is 0.339 e. The number of anilines is 1. The van der Waals surface area contributed by atoms with Crippen LogP contribution in [-0.2, 0) is 10.0 Å². The molecule has 0 aliphatic carbocycles. The van der Waals surface area contributed by atoms with Gasteiger partial charge in [-0.25, -0.2) is 17.6 Å². The number of nitrogens with one attached hydrogen (secondary N) is 2. The fourth-order valence-corrected chi connectivity index (χ4v) is 4.31. The molecule has 0 aliphatic heterocycles. The molecule has 34 heavy (non-hydrogen) atoms. The molecule has 172 valence electrons. The predicted molar refractivity (Wildman–Crippen MR) is 126 cm³/mol. The Morgan fingerprint density at radius 3 is 2.29 bits per heavy atom. The lowest BCUT2D eigenvalue weighted by atomic mass is 10.1. The van der Waals surface area contributed by atoms with Crippen LogP contribution >= 0.6 is 0 Å². The summed E-state index contributed by atoms with van der Waals surface area (Å²) in [5, 5.41) is 18.8. The summed E-state index contributed by atoms with van der Waals surface area (Å²) in [7, 11) is -4.05. The van der Waals surface area contributed by atoms with E-state index in [-0.39, 0.29) is 27.7 Å². The number of amidine groups is 1. The summed E-state index contributed by atoms with van der Waals surface area (Å²) < 4.78 is 46.2. The molecule has 4 aromatic carbocycles. The Bertz CT molecular complexity index is 1540. The molecule has 0 aliphatic rings. The lowest BCUT2D eigenvalue weighted by Crippen LogP contribution is -2.13. The molecule has 0 unspecified atom stereocenters. The van der Waals surface area contributed by atoms with Gasteiger partial charge >= 0.3 is 5.97 Å². The topological polar surface area (TPSA) is 143 Å². The number of sulfonamides is 1. The summed E-state index contributed by atoms with van der Waals surface area (Å²) in [5.74, 6) is -1.57. The molecule has 5 N–H and O–H groups in total. The summed E-state index contributed by atoms with van der Waals surface area (Å²) >= 11 is 0. The van der Waals surface area contributed by atoms with Gasteiger partial charge in [0.1, 0.15) is 28.7 Å². The Labute approximate surface area is 194 Å². The minimum absolute atomic E-state index is 0.00403. The highest BCUT2D eigenvalue weighted by molar-refractivity contribution is 7.92. The van der Waals surface area contributed by atoms with Gasteiger partial charge < -0.3 is 15.6 Å². The van der Waals surface area contributed by atoms with Crippen LogP contribution in [0.15, 0.2) is 83.8 Å². The van der Waals surface area contributed by atoms with Crippen molar-refractivity contribution in [1.29, 1.82) is 5.41 Å². The number of carboxylic acid groups (broad SMARTS) is 1. The van der Waals surface area contributed by atoms with Gasteiger partial charge in [-0.2, -0.15) is 0 Å². The van der Waals surface area contributed by atoms with Gasteiger partial charge in [-0.3, -0.25) is 10.1 Å². The summed E-state index contributed by atoms with van der Waals surface area (Å²) in [5.41, 5.74) is 5.84. The first kappa shape index (κ1) is 22.7. The summed E-state index contributed by atoms with van der Waals surface area (Å²) in [4.78, 5) is 11.6. The molecule has 0 saturated heterocycles. The number of aromatic carboxylic acids is 1. The average molecular weight is 479 g/mol. The highest BCUT2D eigenvalue weighted by Gasteiger charge is 2.18. The first-order valence-electron chi connectivity index (χ1n) is 9.84. The van der Waals surface area contributed by atoms with Crippen molar-refractivity contribution in [1.82, 2.24) is 0 Å². The maximum Gasteiger partial charge on any atom is 0.339 e. The first-order valence-corrected chi connectivity index (χ1v) is 11.3. The van der Waals surface area contributed by atoms with Crippen molar-refractivity contribution in [3.05, 3.63) is 95.8 Å². The van der Waals surface area contributed by atoms with Gasteiger partial charge in [-0.1, -0.05) is 18.2 Å². The number of carboxylic acids is 1. The van der Waals surface area contributed by atoms with Crippen LogP contribution in [0.1, 0.15) is 15.9 Å². The van der Waals surface area contributed by atoms with Crippen LogP contribution < -0.4 is 15.2 Å². The van der Waals surface area contributed by atoms with Gasteiger partial charge in [0.2, 0.25) is 0 Å². The van der Waals surface area contributed by atoms with E-state index < -0.39 is 21.8 Å². The van der Waals surface area contributed by atoms with E-state index >= 15 is 0 Å². The molecule has 0 amide bonds. The summed E-state index contributed by atoms with van der Waals surface area (Å²) in [6.07, 6.45) is 0. The normalized spacial score (nSPS) is 11.2.